The van der Waals surface area contributed by atoms with Crippen molar-refractivity contribution in [3.05, 3.63) is 35.9 Å². The van der Waals surface area contributed by atoms with Crippen molar-refractivity contribution >= 4 is 27.7 Å². The molecule has 0 radical (unpaired) electrons. The molecule has 1 aromatic rings. The van der Waals surface area contributed by atoms with Gasteiger partial charge < -0.3 is 5.32 Å². The van der Waals surface area contributed by atoms with E-state index in [1.807, 2.05) is 0 Å². The van der Waals surface area contributed by atoms with E-state index in [4.69, 9.17) is 0 Å². The molecule has 0 aromatic heterocycles. The lowest BCUT2D eigenvalue weighted by Crippen LogP contribution is -2.22. The lowest BCUT2D eigenvalue weighted by atomic mass is 10.1. The van der Waals surface area contributed by atoms with Crippen molar-refractivity contribution in [3.63, 3.8) is 0 Å². The second kappa shape index (κ2) is 8.58. The molecule has 0 heterocycles. The highest BCUT2D eigenvalue weighted by atomic mass is 32.2. The quantitative estimate of drug-likeness (QED) is 0.570. The zero-order valence-corrected chi connectivity index (χ0v) is 14.1. The molecule has 0 saturated carbocycles. The van der Waals surface area contributed by atoms with E-state index in [1.165, 1.54) is 6.08 Å². The number of sulfonamides is 1. The van der Waals surface area contributed by atoms with Gasteiger partial charge in [-0.05, 0) is 42.5 Å². The van der Waals surface area contributed by atoms with Gasteiger partial charge in [-0.15, -0.1) is 0 Å². The number of carbonyl (C=O) groups excluding carboxylic acids is 1. The molecule has 0 spiro atoms. The van der Waals surface area contributed by atoms with Crippen LogP contribution in [0.1, 0.15) is 32.3 Å². The molecule has 22 heavy (non-hydrogen) atoms. The molecule has 0 unspecified atom stereocenters. The summed E-state index contributed by atoms with van der Waals surface area (Å²) in [5.74, 6) is 0.522. The molecule has 122 valence electrons. The number of anilines is 1. The van der Waals surface area contributed by atoms with E-state index >= 15 is 0 Å². The number of amides is 1. The second-order valence-electron chi connectivity index (χ2n) is 5.66. The minimum Gasteiger partial charge on any atom is -0.353 e. The topological polar surface area (TPSA) is 75.3 Å². The SMILES string of the molecule is CC(C)CCCNC(=O)/C=C/c1ccc(NS(C)(=O)=O)cc1. The first-order valence-electron chi connectivity index (χ1n) is 7.30. The lowest BCUT2D eigenvalue weighted by Gasteiger charge is -2.05. The van der Waals surface area contributed by atoms with Crippen LogP contribution in [0.4, 0.5) is 5.69 Å². The average Bonchev–Trinajstić information content (AvgIpc) is 2.41. The predicted octanol–water partition coefficient (Wildman–Crippen LogP) is 2.62. The van der Waals surface area contributed by atoms with Gasteiger partial charge in [0.25, 0.3) is 0 Å². The van der Waals surface area contributed by atoms with Crippen LogP contribution >= 0.6 is 0 Å². The highest BCUT2D eigenvalue weighted by Gasteiger charge is 2.01. The number of carbonyl (C=O) groups is 1. The van der Waals surface area contributed by atoms with Crippen molar-refractivity contribution in [3.8, 4) is 0 Å². The zero-order valence-electron chi connectivity index (χ0n) is 13.3. The number of hydrogen-bond acceptors (Lipinski definition) is 3. The highest BCUT2D eigenvalue weighted by molar-refractivity contribution is 7.92. The van der Waals surface area contributed by atoms with Crippen LogP contribution in [-0.2, 0) is 14.8 Å². The van der Waals surface area contributed by atoms with Gasteiger partial charge in [0, 0.05) is 18.3 Å². The maximum atomic E-state index is 11.6. The van der Waals surface area contributed by atoms with Crippen molar-refractivity contribution in [1.29, 1.82) is 0 Å². The van der Waals surface area contributed by atoms with Crippen molar-refractivity contribution in [2.75, 3.05) is 17.5 Å². The summed E-state index contributed by atoms with van der Waals surface area (Å²) in [7, 11) is -3.27. The zero-order chi connectivity index (χ0) is 16.6. The first kappa shape index (κ1) is 18.2. The molecule has 6 heteroatoms. The molecular formula is C16H24N2O3S. The minimum atomic E-state index is -3.27. The van der Waals surface area contributed by atoms with Crippen molar-refractivity contribution < 1.29 is 13.2 Å². The molecule has 0 fully saturated rings. The number of benzene rings is 1. The number of nitrogens with one attached hydrogen (secondary N) is 2. The fraction of sp³-hybridized carbons (Fsp3) is 0.438. The lowest BCUT2D eigenvalue weighted by molar-refractivity contribution is -0.116. The van der Waals surface area contributed by atoms with E-state index in [0.29, 0.717) is 18.2 Å². The summed E-state index contributed by atoms with van der Waals surface area (Å²) >= 11 is 0. The first-order chi connectivity index (χ1) is 10.3. The van der Waals surface area contributed by atoms with Gasteiger partial charge in [0.2, 0.25) is 15.9 Å². The second-order valence-corrected chi connectivity index (χ2v) is 7.41. The van der Waals surface area contributed by atoms with E-state index in [0.717, 1.165) is 24.7 Å². The highest BCUT2D eigenvalue weighted by Crippen LogP contribution is 2.11. The van der Waals surface area contributed by atoms with E-state index in [1.54, 1.807) is 30.3 Å². The molecule has 0 aliphatic heterocycles. The van der Waals surface area contributed by atoms with Crippen LogP contribution in [0.15, 0.2) is 30.3 Å². The molecule has 0 saturated heterocycles. The van der Waals surface area contributed by atoms with E-state index in [9.17, 15) is 13.2 Å². The van der Waals surface area contributed by atoms with E-state index in [-0.39, 0.29) is 5.91 Å². The molecular weight excluding hydrogens is 300 g/mol. The molecule has 1 amide bonds. The summed E-state index contributed by atoms with van der Waals surface area (Å²) < 4.78 is 24.6. The predicted molar refractivity (Wildman–Crippen MR) is 91.0 cm³/mol. The van der Waals surface area contributed by atoms with Crippen molar-refractivity contribution in [2.24, 2.45) is 5.92 Å². The summed E-state index contributed by atoms with van der Waals surface area (Å²) in [6, 6.07) is 6.80. The molecule has 0 bridgehead atoms. The summed E-state index contributed by atoms with van der Waals surface area (Å²) in [5, 5.41) is 2.83. The Labute approximate surface area is 132 Å². The maximum Gasteiger partial charge on any atom is 0.243 e. The first-order valence-corrected chi connectivity index (χ1v) is 9.19. The Morgan fingerprint density at radius 3 is 2.41 bits per heavy atom. The third kappa shape index (κ3) is 8.46. The Balaban J connectivity index is 2.44. The number of rotatable bonds is 8. The standard InChI is InChI=1S/C16H24N2O3S/c1-13(2)5-4-12-17-16(19)11-8-14-6-9-15(10-7-14)18-22(3,20)21/h6-11,13,18H,4-5,12H2,1-3H3,(H,17,19)/b11-8+. The van der Waals surface area contributed by atoms with Gasteiger partial charge in [0.1, 0.15) is 0 Å². The molecule has 1 rings (SSSR count). The van der Waals surface area contributed by atoms with Crippen LogP contribution in [0, 0.1) is 5.92 Å². The largest absolute Gasteiger partial charge is 0.353 e. The maximum absolute atomic E-state index is 11.6. The van der Waals surface area contributed by atoms with Crippen molar-refractivity contribution in [1.82, 2.24) is 5.32 Å². The molecule has 0 atom stereocenters. The molecule has 2 N–H and O–H groups in total. The Morgan fingerprint density at radius 1 is 1.23 bits per heavy atom. The molecule has 0 aliphatic rings. The fourth-order valence-corrected chi connectivity index (χ4v) is 2.39. The van der Waals surface area contributed by atoms with Gasteiger partial charge in [0.15, 0.2) is 0 Å². The van der Waals surface area contributed by atoms with Gasteiger partial charge in [-0.3, -0.25) is 9.52 Å². The van der Waals surface area contributed by atoms with Crippen LogP contribution in [0.5, 0.6) is 0 Å². The Hall–Kier alpha value is -1.82. The van der Waals surface area contributed by atoms with Gasteiger partial charge >= 0.3 is 0 Å². The van der Waals surface area contributed by atoms with Crippen molar-refractivity contribution in [2.45, 2.75) is 26.7 Å². The molecule has 1 aromatic carbocycles. The van der Waals surface area contributed by atoms with Gasteiger partial charge in [-0.1, -0.05) is 26.0 Å². The summed E-state index contributed by atoms with van der Waals surface area (Å²) in [6.45, 7) is 4.99. The normalized spacial score (nSPS) is 11.8. The van der Waals surface area contributed by atoms with E-state index < -0.39 is 10.0 Å². The number of hydrogen-bond donors (Lipinski definition) is 2. The van der Waals surface area contributed by atoms with Crippen LogP contribution in [-0.4, -0.2) is 27.1 Å². The third-order valence-electron chi connectivity index (χ3n) is 2.90. The molecule has 5 nitrogen and oxygen atoms in total. The summed E-state index contributed by atoms with van der Waals surface area (Å²) in [5.41, 5.74) is 1.33. The van der Waals surface area contributed by atoms with Crippen LogP contribution in [0.25, 0.3) is 6.08 Å². The Kier molecular flexibility index (Phi) is 7.11. The van der Waals surface area contributed by atoms with Crippen LogP contribution in [0.2, 0.25) is 0 Å². The van der Waals surface area contributed by atoms with Crippen LogP contribution < -0.4 is 10.0 Å². The van der Waals surface area contributed by atoms with Crippen LogP contribution in [0.3, 0.4) is 0 Å². The monoisotopic (exact) mass is 324 g/mol. The minimum absolute atomic E-state index is 0.123. The molecule has 0 aliphatic carbocycles. The van der Waals surface area contributed by atoms with Gasteiger partial charge in [-0.2, -0.15) is 0 Å². The van der Waals surface area contributed by atoms with Gasteiger partial charge in [0.05, 0.1) is 6.26 Å². The summed E-state index contributed by atoms with van der Waals surface area (Å²) in [4.78, 5) is 11.6. The Bertz CT molecular complexity index is 605. The third-order valence-corrected chi connectivity index (χ3v) is 3.51. The van der Waals surface area contributed by atoms with E-state index in [2.05, 4.69) is 23.9 Å². The fourth-order valence-electron chi connectivity index (χ4n) is 1.83. The average molecular weight is 324 g/mol. The van der Waals surface area contributed by atoms with Gasteiger partial charge in [-0.25, -0.2) is 8.42 Å². The Morgan fingerprint density at radius 2 is 1.86 bits per heavy atom. The smallest absolute Gasteiger partial charge is 0.243 e. The summed E-state index contributed by atoms with van der Waals surface area (Å²) in [6.07, 6.45) is 6.35.